The molecule has 1 rings (SSSR count). The molecule has 0 saturated carbocycles. The third-order valence-electron chi connectivity index (χ3n) is 3.22. The predicted molar refractivity (Wildman–Crippen MR) is 76.6 cm³/mol. The van der Waals surface area contributed by atoms with E-state index < -0.39 is 17.4 Å². The third-order valence-corrected chi connectivity index (χ3v) is 3.22. The molecule has 0 aliphatic carbocycles. The minimum absolute atomic E-state index is 0.133. The highest BCUT2D eigenvalue weighted by atomic mass is 16.5. The number of hydrogen-bond acceptors (Lipinski definition) is 3. The summed E-state index contributed by atoms with van der Waals surface area (Å²) in [6.07, 6.45) is 2.15. The number of hydrogen-bond donors (Lipinski definition) is 1. The van der Waals surface area contributed by atoms with Crippen LogP contribution in [-0.2, 0) is 19.7 Å². The summed E-state index contributed by atoms with van der Waals surface area (Å²) in [5, 5.41) is 9.66. The van der Waals surface area contributed by atoms with Crippen LogP contribution < -0.4 is 0 Å². The molecular weight excluding hydrogens is 256 g/mol. The minimum atomic E-state index is -1.67. The van der Waals surface area contributed by atoms with E-state index in [1.165, 1.54) is 0 Å². The molecule has 1 atom stereocenters. The van der Waals surface area contributed by atoms with Crippen LogP contribution in [0, 0.1) is 6.92 Å². The van der Waals surface area contributed by atoms with E-state index in [0.717, 1.165) is 5.56 Å². The molecule has 0 fully saturated rings. The molecule has 0 saturated heterocycles. The fraction of sp³-hybridized carbons (Fsp3) is 0.375. The Kier molecular flexibility index (Phi) is 5.50. The summed E-state index contributed by atoms with van der Waals surface area (Å²) in [6.45, 7) is 7.26. The van der Waals surface area contributed by atoms with Gasteiger partial charge >= 0.3 is 11.9 Å². The van der Waals surface area contributed by atoms with Crippen molar-refractivity contribution in [2.24, 2.45) is 0 Å². The average Bonchev–Trinajstić information content (AvgIpc) is 2.39. The van der Waals surface area contributed by atoms with Gasteiger partial charge in [0.15, 0.2) is 5.41 Å². The highest BCUT2D eigenvalue weighted by molar-refractivity contribution is 6.05. The van der Waals surface area contributed by atoms with Crippen LogP contribution in [0.15, 0.2) is 36.9 Å². The summed E-state index contributed by atoms with van der Waals surface area (Å²) in [5.41, 5.74) is -0.322. The van der Waals surface area contributed by atoms with Crippen LogP contribution in [-0.4, -0.2) is 23.7 Å². The second kappa shape index (κ2) is 6.89. The number of rotatable bonds is 7. The summed E-state index contributed by atoms with van der Waals surface area (Å²) in [7, 11) is 0. The number of benzene rings is 1. The van der Waals surface area contributed by atoms with Crippen LogP contribution in [0.25, 0.3) is 0 Å². The number of aryl methyl sites for hydroxylation is 1. The van der Waals surface area contributed by atoms with Crippen LogP contribution in [0.3, 0.4) is 0 Å². The summed E-state index contributed by atoms with van der Waals surface area (Å²) >= 11 is 0. The molecular formula is C16H20O4. The molecule has 20 heavy (non-hydrogen) atoms. The van der Waals surface area contributed by atoms with Crippen LogP contribution >= 0.6 is 0 Å². The van der Waals surface area contributed by atoms with Crippen molar-refractivity contribution in [2.45, 2.75) is 32.1 Å². The highest BCUT2D eigenvalue weighted by Crippen LogP contribution is 2.32. The Balaban J connectivity index is 3.39. The number of carbonyl (C=O) groups is 2. The zero-order valence-corrected chi connectivity index (χ0v) is 11.9. The molecule has 0 radical (unpaired) electrons. The largest absolute Gasteiger partial charge is 0.480 e. The van der Waals surface area contributed by atoms with Crippen molar-refractivity contribution in [3.8, 4) is 0 Å². The van der Waals surface area contributed by atoms with Gasteiger partial charge in [-0.3, -0.25) is 9.59 Å². The maximum atomic E-state index is 12.3. The lowest BCUT2D eigenvalue weighted by Gasteiger charge is -2.27. The number of carboxylic acids is 1. The Hall–Kier alpha value is -2.10. The number of carbonyl (C=O) groups excluding carboxylic acids is 1. The third kappa shape index (κ3) is 3.07. The van der Waals surface area contributed by atoms with Crippen LogP contribution in [0.2, 0.25) is 0 Å². The van der Waals surface area contributed by atoms with E-state index in [2.05, 4.69) is 6.58 Å². The Labute approximate surface area is 119 Å². The van der Waals surface area contributed by atoms with Crippen molar-refractivity contribution < 1.29 is 19.4 Å². The number of esters is 1. The van der Waals surface area contributed by atoms with Crippen molar-refractivity contribution in [3.05, 3.63) is 48.0 Å². The average molecular weight is 276 g/mol. The van der Waals surface area contributed by atoms with Gasteiger partial charge in [0.2, 0.25) is 0 Å². The van der Waals surface area contributed by atoms with Gasteiger partial charge in [0.1, 0.15) is 0 Å². The van der Waals surface area contributed by atoms with Gasteiger partial charge < -0.3 is 9.84 Å². The van der Waals surface area contributed by atoms with E-state index >= 15 is 0 Å². The predicted octanol–water partition coefficient (Wildman–Crippen LogP) is 2.85. The van der Waals surface area contributed by atoms with Gasteiger partial charge in [-0.2, -0.15) is 0 Å². The molecule has 0 spiro atoms. The van der Waals surface area contributed by atoms with Gasteiger partial charge in [-0.15, -0.1) is 6.58 Å². The van der Waals surface area contributed by atoms with Gasteiger partial charge in [0.05, 0.1) is 6.61 Å². The summed E-state index contributed by atoms with van der Waals surface area (Å²) in [6, 6.07) is 6.97. The lowest BCUT2D eigenvalue weighted by atomic mass is 9.76. The van der Waals surface area contributed by atoms with E-state index in [0.29, 0.717) is 12.0 Å². The van der Waals surface area contributed by atoms with Crippen molar-refractivity contribution in [1.82, 2.24) is 0 Å². The zero-order chi connectivity index (χ0) is 15.2. The molecule has 4 heteroatoms. The van der Waals surface area contributed by atoms with Gasteiger partial charge in [-0.1, -0.05) is 35.9 Å². The first-order chi connectivity index (χ1) is 9.48. The molecule has 4 nitrogen and oxygen atoms in total. The van der Waals surface area contributed by atoms with E-state index in [1.807, 2.05) is 13.0 Å². The highest BCUT2D eigenvalue weighted by Gasteiger charge is 2.48. The van der Waals surface area contributed by atoms with Crippen molar-refractivity contribution in [1.29, 1.82) is 0 Å². The number of allylic oxidation sites excluding steroid dienone is 1. The molecule has 1 N–H and O–H groups in total. The van der Waals surface area contributed by atoms with E-state index in [4.69, 9.17) is 4.74 Å². The summed E-state index contributed by atoms with van der Waals surface area (Å²) in [5.74, 6) is -1.91. The molecule has 0 aromatic heterocycles. The van der Waals surface area contributed by atoms with E-state index in [9.17, 15) is 14.7 Å². The van der Waals surface area contributed by atoms with E-state index in [1.54, 1.807) is 31.2 Å². The normalized spacial score (nSPS) is 13.3. The first-order valence-corrected chi connectivity index (χ1v) is 6.57. The lowest BCUT2D eigenvalue weighted by molar-refractivity contribution is -0.162. The molecule has 1 aromatic carbocycles. The maximum Gasteiger partial charge on any atom is 0.328 e. The molecule has 0 aliphatic heterocycles. The first-order valence-electron chi connectivity index (χ1n) is 6.57. The van der Waals surface area contributed by atoms with Gasteiger partial charge in [-0.25, -0.2) is 0 Å². The summed E-state index contributed by atoms with van der Waals surface area (Å²) in [4.78, 5) is 24.1. The Bertz CT molecular complexity index is 507. The number of ether oxygens (including phenoxy) is 1. The fourth-order valence-corrected chi connectivity index (χ4v) is 2.17. The number of aliphatic carboxylic acids is 1. The molecule has 0 heterocycles. The number of carboxylic acid groups (broad SMARTS) is 1. The zero-order valence-electron chi connectivity index (χ0n) is 11.9. The molecule has 0 aliphatic rings. The lowest BCUT2D eigenvalue weighted by Crippen LogP contribution is -2.45. The Morgan fingerprint density at radius 2 is 2.15 bits per heavy atom. The van der Waals surface area contributed by atoms with Crippen molar-refractivity contribution in [2.75, 3.05) is 6.61 Å². The van der Waals surface area contributed by atoms with Gasteiger partial charge in [0.25, 0.3) is 0 Å². The molecule has 108 valence electrons. The monoisotopic (exact) mass is 276 g/mol. The second-order valence-electron chi connectivity index (χ2n) is 4.63. The Morgan fingerprint density at radius 1 is 1.45 bits per heavy atom. The molecule has 0 bridgehead atoms. The SMILES string of the molecule is C=CCCC(C(=O)O)(C(=O)OCC)c1cccc(C)c1. The second-order valence-corrected chi connectivity index (χ2v) is 4.63. The Morgan fingerprint density at radius 3 is 2.65 bits per heavy atom. The van der Waals surface area contributed by atoms with Crippen molar-refractivity contribution >= 4 is 11.9 Å². The molecule has 1 aromatic rings. The first kappa shape index (κ1) is 16.0. The minimum Gasteiger partial charge on any atom is -0.480 e. The van der Waals surface area contributed by atoms with Crippen molar-refractivity contribution in [3.63, 3.8) is 0 Å². The van der Waals surface area contributed by atoms with Crippen LogP contribution in [0.4, 0.5) is 0 Å². The quantitative estimate of drug-likeness (QED) is 0.472. The van der Waals surface area contributed by atoms with Gasteiger partial charge in [0, 0.05) is 0 Å². The fourth-order valence-electron chi connectivity index (χ4n) is 2.17. The molecule has 0 amide bonds. The summed E-state index contributed by atoms with van der Waals surface area (Å²) < 4.78 is 5.01. The smallest absolute Gasteiger partial charge is 0.328 e. The maximum absolute atomic E-state index is 12.3. The topological polar surface area (TPSA) is 63.6 Å². The standard InChI is InChI=1S/C16H20O4/c1-4-6-10-16(14(17)18,15(19)20-5-2)13-9-7-8-12(3)11-13/h4,7-9,11H,1,5-6,10H2,2-3H3,(H,17,18). The van der Waals surface area contributed by atoms with Crippen LogP contribution in [0.5, 0.6) is 0 Å². The molecule has 1 unspecified atom stereocenters. The van der Waals surface area contributed by atoms with E-state index in [-0.39, 0.29) is 13.0 Å². The van der Waals surface area contributed by atoms with Crippen LogP contribution in [0.1, 0.15) is 30.9 Å². The van der Waals surface area contributed by atoms with Gasteiger partial charge in [-0.05, 0) is 32.3 Å².